The Labute approximate surface area is 303 Å². The Kier molecular flexibility index (Phi) is 13.6. The molecule has 4 N–H and O–H groups in total. The largest absolute Gasteiger partial charge is 0.492 e. The zero-order valence-electron chi connectivity index (χ0n) is 30.2. The average Bonchev–Trinajstić information content (AvgIpc) is 3.76. The van der Waals surface area contributed by atoms with Crippen LogP contribution in [0.1, 0.15) is 74.1 Å². The van der Waals surface area contributed by atoms with Crippen molar-refractivity contribution in [1.82, 2.24) is 20.4 Å². The lowest BCUT2D eigenvalue weighted by Crippen LogP contribution is -2.48. The number of hydrogen-bond acceptors (Lipinski definition) is 9. The Morgan fingerprint density at radius 3 is 2.51 bits per heavy atom. The topological polar surface area (TPSA) is 133 Å². The van der Waals surface area contributed by atoms with Crippen LogP contribution in [0.25, 0.3) is 0 Å². The highest BCUT2D eigenvalue weighted by Gasteiger charge is 2.36. The van der Waals surface area contributed by atoms with E-state index in [-0.39, 0.29) is 18.4 Å². The fourth-order valence-electron chi connectivity index (χ4n) is 8.16. The van der Waals surface area contributed by atoms with Gasteiger partial charge < -0.3 is 40.0 Å². The summed E-state index contributed by atoms with van der Waals surface area (Å²) in [5.74, 6) is 0.320. The molecule has 1 saturated carbocycles. The Morgan fingerprint density at radius 2 is 1.76 bits per heavy atom. The number of amides is 2. The second-order valence-corrected chi connectivity index (χ2v) is 15.2. The maximum absolute atomic E-state index is 14.1. The summed E-state index contributed by atoms with van der Waals surface area (Å²) < 4.78 is 17.1. The van der Waals surface area contributed by atoms with Crippen LogP contribution < -0.4 is 15.4 Å². The molecule has 0 bridgehead atoms. The highest BCUT2D eigenvalue weighted by Crippen LogP contribution is 2.33. The van der Waals surface area contributed by atoms with Crippen LogP contribution in [0.5, 0.6) is 5.75 Å². The highest BCUT2D eigenvalue weighted by molar-refractivity contribution is 5.80. The lowest BCUT2D eigenvalue weighted by Gasteiger charge is -2.32. The first-order valence-corrected chi connectivity index (χ1v) is 19.2. The van der Waals surface area contributed by atoms with Crippen LogP contribution in [-0.4, -0.2) is 116 Å². The van der Waals surface area contributed by atoms with Gasteiger partial charge in [0.15, 0.2) is 0 Å². The van der Waals surface area contributed by atoms with E-state index in [9.17, 15) is 19.8 Å². The van der Waals surface area contributed by atoms with Gasteiger partial charge in [-0.1, -0.05) is 68.5 Å². The molecular weight excluding hydrogens is 648 g/mol. The Balaban J connectivity index is 1.13. The van der Waals surface area contributed by atoms with Crippen molar-refractivity contribution in [2.45, 2.75) is 94.6 Å². The molecule has 6 atom stereocenters. The van der Waals surface area contributed by atoms with E-state index >= 15 is 0 Å². The van der Waals surface area contributed by atoms with Gasteiger partial charge in [0.2, 0.25) is 5.91 Å². The van der Waals surface area contributed by atoms with E-state index in [4.69, 9.17) is 14.2 Å². The van der Waals surface area contributed by atoms with E-state index in [1.807, 2.05) is 48.5 Å². The first-order valence-electron chi connectivity index (χ1n) is 19.2. The molecule has 11 nitrogen and oxygen atoms in total. The molecule has 3 fully saturated rings. The number of piperazine rings is 1. The van der Waals surface area contributed by atoms with Crippen LogP contribution in [0.2, 0.25) is 0 Å². The fourth-order valence-corrected chi connectivity index (χ4v) is 8.16. The fraction of sp³-hybridized carbons (Fsp3) is 0.650. The number of nitrogens with one attached hydrogen (secondary N) is 2. The second-order valence-electron chi connectivity index (χ2n) is 15.2. The minimum absolute atomic E-state index is 0.143. The zero-order chi connectivity index (χ0) is 35.6. The van der Waals surface area contributed by atoms with Gasteiger partial charge in [-0.05, 0) is 61.1 Å². The number of nitrogens with zero attached hydrogens (tertiary/aromatic N) is 2. The Morgan fingerprint density at radius 1 is 1.00 bits per heavy atom. The minimum atomic E-state index is -0.979. The molecule has 2 saturated heterocycles. The minimum Gasteiger partial charge on any atom is -0.492 e. The summed E-state index contributed by atoms with van der Waals surface area (Å²) in [6.45, 7) is 6.66. The van der Waals surface area contributed by atoms with Gasteiger partial charge >= 0.3 is 6.09 Å². The first kappa shape index (κ1) is 37.5. The molecule has 0 unspecified atom stereocenters. The van der Waals surface area contributed by atoms with Crippen LogP contribution >= 0.6 is 0 Å². The SMILES string of the molecule is CN1CCN(CCOc2ccc(C[C@H](C[C@H](O)[C@H](CC3CCCCC3)NC(=O)O[C@H]3CCOC3)C(=O)N[C@H]3c4ccccc4C[C@H]3O)cc2)CC1. The van der Waals surface area contributed by atoms with Crippen LogP contribution in [0, 0.1) is 11.8 Å². The predicted molar refractivity (Wildman–Crippen MR) is 195 cm³/mol. The van der Waals surface area contributed by atoms with Crippen molar-refractivity contribution in [2.75, 3.05) is 59.6 Å². The number of carbonyl (C=O) groups excluding carboxylic acids is 2. The zero-order valence-corrected chi connectivity index (χ0v) is 30.2. The predicted octanol–water partition coefficient (Wildman–Crippen LogP) is 3.85. The van der Waals surface area contributed by atoms with Crippen molar-refractivity contribution in [2.24, 2.45) is 11.8 Å². The van der Waals surface area contributed by atoms with E-state index in [1.54, 1.807) is 0 Å². The number of hydrogen-bond donors (Lipinski definition) is 4. The standard InChI is InChI=1S/C40H58N4O7/c1-43-16-18-44(19-17-43)20-22-50-32-13-11-29(12-14-32)23-31(39(47)42-38-34-10-6-5-9-30(34)25-37(38)46)26-36(45)35(24-28-7-3-2-4-8-28)41-40(48)51-33-15-21-49-27-33/h5-6,9-14,28,31,33,35-38,45-46H,2-4,7-8,15-27H2,1H3,(H,41,48)(H,42,47)/t31-,33+,35+,36+,37-,38+/m1/s1. The number of fused-ring (bicyclic) bond motifs is 1. The van der Waals surface area contributed by atoms with E-state index in [0.717, 1.165) is 80.8 Å². The summed E-state index contributed by atoms with van der Waals surface area (Å²) >= 11 is 0. The van der Waals surface area contributed by atoms with E-state index in [2.05, 4.69) is 27.5 Å². The molecule has 11 heteroatoms. The molecule has 0 radical (unpaired) electrons. The molecule has 0 spiro atoms. The van der Waals surface area contributed by atoms with Gasteiger partial charge in [-0.3, -0.25) is 9.69 Å². The number of carbonyl (C=O) groups is 2. The third kappa shape index (κ3) is 10.9. The molecule has 4 aliphatic rings. The third-order valence-electron chi connectivity index (χ3n) is 11.3. The number of rotatable bonds is 15. The summed E-state index contributed by atoms with van der Waals surface area (Å²) in [5, 5.41) is 28.9. The van der Waals surface area contributed by atoms with E-state index in [0.29, 0.717) is 51.4 Å². The molecule has 0 aromatic heterocycles. The summed E-state index contributed by atoms with van der Waals surface area (Å²) in [4.78, 5) is 31.9. The molecule has 280 valence electrons. The average molecular weight is 707 g/mol. The number of benzene rings is 2. The summed E-state index contributed by atoms with van der Waals surface area (Å²) in [6.07, 6.45) is 5.34. The van der Waals surface area contributed by atoms with Crippen molar-refractivity contribution in [3.63, 3.8) is 0 Å². The molecule has 2 aliphatic carbocycles. The van der Waals surface area contributed by atoms with Gasteiger partial charge in [-0.15, -0.1) is 0 Å². The molecular formula is C40H58N4O7. The van der Waals surface area contributed by atoms with Crippen LogP contribution in [0.4, 0.5) is 4.79 Å². The molecule has 2 aliphatic heterocycles. The maximum Gasteiger partial charge on any atom is 0.407 e. The van der Waals surface area contributed by atoms with Crippen molar-refractivity contribution in [3.05, 3.63) is 65.2 Å². The van der Waals surface area contributed by atoms with Gasteiger partial charge in [0.25, 0.3) is 0 Å². The number of alkyl carbamates (subject to hydrolysis) is 1. The van der Waals surface area contributed by atoms with Gasteiger partial charge in [0.05, 0.1) is 37.5 Å². The van der Waals surface area contributed by atoms with Crippen molar-refractivity contribution >= 4 is 12.0 Å². The smallest absolute Gasteiger partial charge is 0.407 e. The number of aliphatic hydroxyl groups is 2. The first-order chi connectivity index (χ1) is 24.8. The van der Waals surface area contributed by atoms with Crippen LogP contribution in [0.3, 0.4) is 0 Å². The van der Waals surface area contributed by atoms with Crippen molar-refractivity contribution in [1.29, 1.82) is 0 Å². The summed E-state index contributed by atoms with van der Waals surface area (Å²) in [6, 6.07) is 14.6. The summed E-state index contributed by atoms with van der Waals surface area (Å²) in [7, 11) is 2.15. The van der Waals surface area contributed by atoms with Crippen molar-refractivity contribution in [3.8, 4) is 5.75 Å². The molecule has 2 aromatic carbocycles. The number of ether oxygens (including phenoxy) is 3. The van der Waals surface area contributed by atoms with Crippen LogP contribution in [0.15, 0.2) is 48.5 Å². The normalized spacial score (nSPS) is 24.7. The van der Waals surface area contributed by atoms with E-state index < -0.39 is 36.3 Å². The van der Waals surface area contributed by atoms with Crippen molar-refractivity contribution < 1.29 is 34.0 Å². The van der Waals surface area contributed by atoms with Crippen LogP contribution in [-0.2, 0) is 27.1 Å². The third-order valence-corrected chi connectivity index (χ3v) is 11.3. The van der Waals surface area contributed by atoms with Gasteiger partial charge in [-0.2, -0.15) is 0 Å². The van der Waals surface area contributed by atoms with Gasteiger partial charge in [0, 0.05) is 51.5 Å². The molecule has 51 heavy (non-hydrogen) atoms. The molecule has 2 heterocycles. The number of likely N-dealkylation sites (N-methyl/N-ethyl adjacent to an activating group) is 1. The molecule has 2 amide bonds. The van der Waals surface area contributed by atoms with Gasteiger partial charge in [-0.25, -0.2) is 4.79 Å². The van der Waals surface area contributed by atoms with Gasteiger partial charge in [0.1, 0.15) is 18.5 Å². The van der Waals surface area contributed by atoms with E-state index in [1.165, 1.54) is 6.42 Å². The quantitative estimate of drug-likeness (QED) is 0.218. The highest BCUT2D eigenvalue weighted by atomic mass is 16.6. The molecule has 6 rings (SSSR count). The monoisotopic (exact) mass is 706 g/mol. The Bertz CT molecular complexity index is 1390. The summed E-state index contributed by atoms with van der Waals surface area (Å²) in [5.41, 5.74) is 2.89. The maximum atomic E-state index is 14.1. The lowest BCUT2D eigenvalue weighted by atomic mass is 9.82. The second kappa shape index (κ2) is 18.5. The Hall–Kier alpha value is -3.22. The number of aliphatic hydroxyl groups excluding tert-OH is 2. The molecule has 2 aromatic rings. The lowest BCUT2D eigenvalue weighted by molar-refractivity contribution is -0.127.